The van der Waals surface area contributed by atoms with Gasteiger partial charge in [0.1, 0.15) is 17.1 Å². The van der Waals surface area contributed by atoms with Gasteiger partial charge in [0.05, 0.1) is 13.7 Å². The number of amides is 2. The van der Waals surface area contributed by atoms with E-state index in [0.29, 0.717) is 48.8 Å². The molecule has 2 aromatic rings. The van der Waals surface area contributed by atoms with Gasteiger partial charge in [0.15, 0.2) is 11.5 Å². The lowest BCUT2D eigenvalue weighted by atomic mass is 9.98. The smallest absolute Gasteiger partial charge is 0.272 e. The number of methoxy groups -OCH3 is 1. The van der Waals surface area contributed by atoms with Crippen molar-refractivity contribution in [1.29, 1.82) is 0 Å². The Balaban J connectivity index is 1.18. The predicted molar refractivity (Wildman–Crippen MR) is 117 cm³/mol. The number of hydrogen-bond donors (Lipinski definition) is 2. The van der Waals surface area contributed by atoms with Crippen LogP contribution in [0.1, 0.15) is 18.4 Å². The van der Waals surface area contributed by atoms with E-state index in [1.165, 1.54) is 0 Å². The monoisotopic (exact) mass is 436 g/mol. The molecule has 5 rings (SSSR count). The molecule has 3 heterocycles. The van der Waals surface area contributed by atoms with E-state index in [1.54, 1.807) is 25.3 Å². The Morgan fingerprint density at radius 3 is 2.66 bits per heavy atom. The maximum Gasteiger partial charge on any atom is 0.272 e. The highest BCUT2D eigenvalue weighted by Gasteiger charge is 2.42. The molecular weight excluding hydrogens is 412 g/mol. The SMILES string of the molecule is COc1ccc(C2=NC3(CCN(CC(=O)Nc4ccc5c(c4)OCO5)CC3)NC2=O)cc1. The van der Waals surface area contributed by atoms with E-state index < -0.39 is 5.66 Å². The van der Waals surface area contributed by atoms with Gasteiger partial charge in [-0.2, -0.15) is 0 Å². The zero-order chi connectivity index (χ0) is 22.1. The van der Waals surface area contributed by atoms with Crippen LogP contribution in [0.15, 0.2) is 47.5 Å². The lowest BCUT2D eigenvalue weighted by Crippen LogP contribution is -2.52. The number of benzene rings is 2. The van der Waals surface area contributed by atoms with Crippen molar-refractivity contribution in [3.63, 3.8) is 0 Å². The molecule has 0 aliphatic carbocycles. The second-order valence-corrected chi connectivity index (χ2v) is 8.07. The number of piperidine rings is 1. The van der Waals surface area contributed by atoms with Gasteiger partial charge in [-0.3, -0.25) is 19.5 Å². The summed E-state index contributed by atoms with van der Waals surface area (Å²) in [6.07, 6.45) is 1.30. The number of nitrogens with zero attached hydrogens (tertiary/aromatic N) is 2. The van der Waals surface area contributed by atoms with E-state index >= 15 is 0 Å². The Morgan fingerprint density at radius 1 is 1.16 bits per heavy atom. The van der Waals surface area contributed by atoms with Crippen molar-refractivity contribution in [2.45, 2.75) is 18.5 Å². The van der Waals surface area contributed by atoms with Gasteiger partial charge in [0.25, 0.3) is 5.91 Å². The molecule has 3 aliphatic heterocycles. The highest BCUT2D eigenvalue weighted by atomic mass is 16.7. The highest BCUT2D eigenvalue weighted by Crippen LogP contribution is 2.34. The Morgan fingerprint density at radius 2 is 1.91 bits per heavy atom. The molecular formula is C23H24N4O5. The summed E-state index contributed by atoms with van der Waals surface area (Å²) in [7, 11) is 1.60. The first-order valence-corrected chi connectivity index (χ1v) is 10.5. The number of anilines is 1. The van der Waals surface area contributed by atoms with Crippen LogP contribution in [0.4, 0.5) is 5.69 Å². The Labute approximate surface area is 185 Å². The minimum atomic E-state index is -0.601. The number of nitrogens with one attached hydrogen (secondary N) is 2. The van der Waals surface area contributed by atoms with Crippen molar-refractivity contribution in [2.24, 2.45) is 4.99 Å². The highest BCUT2D eigenvalue weighted by molar-refractivity contribution is 6.46. The zero-order valence-electron chi connectivity index (χ0n) is 17.7. The lowest BCUT2D eigenvalue weighted by Gasteiger charge is -2.36. The molecule has 2 N–H and O–H groups in total. The third-order valence-corrected chi connectivity index (χ3v) is 5.96. The van der Waals surface area contributed by atoms with E-state index in [4.69, 9.17) is 19.2 Å². The normalized spacial score (nSPS) is 18.9. The van der Waals surface area contributed by atoms with Crippen LogP contribution in [0.3, 0.4) is 0 Å². The standard InChI is InChI=1S/C23H24N4O5/c1-30-17-5-2-15(3-6-17)21-22(29)26-23(25-21)8-10-27(11-9-23)13-20(28)24-16-4-7-18-19(12-16)32-14-31-18/h2-7,12H,8-11,13-14H2,1H3,(H,24,28)(H,26,29). The lowest BCUT2D eigenvalue weighted by molar-refractivity contribution is -0.119. The van der Waals surface area contributed by atoms with Crippen LogP contribution >= 0.6 is 0 Å². The second kappa shape index (κ2) is 8.16. The molecule has 1 fully saturated rings. The van der Waals surface area contributed by atoms with Gasteiger partial charge in [-0.05, 0) is 36.4 Å². The van der Waals surface area contributed by atoms with Gasteiger partial charge in [-0.15, -0.1) is 0 Å². The molecule has 9 nitrogen and oxygen atoms in total. The molecule has 0 unspecified atom stereocenters. The van der Waals surface area contributed by atoms with Crippen LogP contribution in [0.5, 0.6) is 17.2 Å². The molecule has 166 valence electrons. The van der Waals surface area contributed by atoms with Gasteiger partial charge < -0.3 is 24.8 Å². The number of hydrogen-bond acceptors (Lipinski definition) is 7. The van der Waals surface area contributed by atoms with E-state index in [1.807, 2.05) is 24.3 Å². The number of fused-ring (bicyclic) bond motifs is 1. The quantitative estimate of drug-likeness (QED) is 0.741. The number of aliphatic imine (C=N–C) groups is 1. The molecule has 0 saturated carbocycles. The van der Waals surface area contributed by atoms with E-state index in [9.17, 15) is 9.59 Å². The topological polar surface area (TPSA) is 101 Å². The average molecular weight is 436 g/mol. The first kappa shape index (κ1) is 20.3. The third-order valence-electron chi connectivity index (χ3n) is 5.96. The van der Waals surface area contributed by atoms with Crippen molar-refractivity contribution in [2.75, 3.05) is 38.9 Å². The maximum absolute atomic E-state index is 12.6. The fourth-order valence-corrected chi connectivity index (χ4v) is 4.20. The van der Waals surface area contributed by atoms with Crippen LogP contribution in [-0.4, -0.2) is 61.6 Å². The fourth-order valence-electron chi connectivity index (χ4n) is 4.20. The van der Waals surface area contributed by atoms with Crippen LogP contribution in [0.2, 0.25) is 0 Å². The molecule has 1 saturated heterocycles. The number of carbonyl (C=O) groups is 2. The van der Waals surface area contributed by atoms with Crippen LogP contribution in [0.25, 0.3) is 0 Å². The average Bonchev–Trinajstić information content (AvgIpc) is 3.39. The van der Waals surface area contributed by atoms with E-state index in [2.05, 4.69) is 15.5 Å². The van der Waals surface area contributed by atoms with Gasteiger partial charge in [-0.1, -0.05) is 0 Å². The Kier molecular flexibility index (Phi) is 5.18. The molecule has 9 heteroatoms. The van der Waals surface area contributed by atoms with Crippen molar-refractivity contribution < 1.29 is 23.8 Å². The first-order chi connectivity index (χ1) is 15.5. The summed E-state index contributed by atoms with van der Waals surface area (Å²) in [5.41, 5.74) is 1.29. The Hall–Kier alpha value is -3.59. The van der Waals surface area contributed by atoms with Gasteiger partial charge in [0.2, 0.25) is 12.7 Å². The maximum atomic E-state index is 12.6. The number of ether oxygens (including phenoxy) is 3. The van der Waals surface area contributed by atoms with Crippen LogP contribution in [-0.2, 0) is 9.59 Å². The van der Waals surface area contributed by atoms with Gasteiger partial charge in [0, 0.05) is 43.2 Å². The molecule has 32 heavy (non-hydrogen) atoms. The summed E-state index contributed by atoms with van der Waals surface area (Å²) in [6.45, 7) is 1.79. The van der Waals surface area contributed by atoms with E-state index in [0.717, 1.165) is 11.3 Å². The predicted octanol–water partition coefficient (Wildman–Crippen LogP) is 1.77. The van der Waals surface area contributed by atoms with Crippen molar-refractivity contribution in [1.82, 2.24) is 10.2 Å². The summed E-state index contributed by atoms with van der Waals surface area (Å²) in [4.78, 5) is 31.9. The summed E-state index contributed by atoms with van der Waals surface area (Å²) < 4.78 is 15.8. The largest absolute Gasteiger partial charge is 0.497 e. The minimum absolute atomic E-state index is 0.0994. The number of carbonyl (C=O) groups excluding carboxylic acids is 2. The fraction of sp³-hybridized carbons (Fsp3) is 0.348. The number of rotatable bonds is 5. The summed E-state index contributed by atoms with van der Waals surface area (Å²) in [5.74, 6) is 1.78. The molecule has 1 spiro atoms. The Bertz CT molecular complexity index is 1070. The molecule has 2 amide bonds. The first-order valence-electron chi connectivity index (χ1n) is 10.5. The summed E-state index contributed by atoms with van der Waals surface area (Å²) in [5, 5.41) is 5.96. The molecule has 0 aromatic heterocycles. The van der Waals surface area contributed by atoms with Crippen LogP contribution < -0.4 is 24.8 Å². The summed E-state index contributed by atoms with van der Waals surface area (Å²) in [6, 6.07) is 12.6. The van der Waals surface area contributed by atoms with Gasteiger partial charge >= 0.3 is 0 Å². The van der Waals surface area contributed by atoms with Gasteiger partial charge in [-0.25, -0.2) is 0 Å². The number of likely N-dealkylation sites (tertiary alicyclic amines) is 1. The molecule has 0 atom stereocenters. The van der Waals surface area contributed by atoms with Crippen molar-refractivity contribution >= 4 is 23.2 Å². The van der Waals surface area contributed by atoms with E-state index in [-0.39, 0.29) is 25.2 Å². The summed E-state index contributed by atoms with van der Waals surface area (Å²) >= 11 is 0. The zero-order valence-corrected chi connectivity index (χ0v) is 17.7. The van der Waals surface area contributed by atoms with Crippen LogP contribution in [0, 0.1) is 0 Å². The molecule has 2 aromatic carbocycles. The molecule has 0 bridgehead atoms. The van der Waals surface area contributed by atoms with Crippen molar-refractivity contribution in [3.8, 4) is 17.2 Å². The molecule has 3 aliphatic rings. The van der Waals surface area contributed by atoms with Crippen molar-refractivity contribution in [3.05, 3.63) is 48.0 Å². The minimum Gasteiger partial charge on any atom is -0.497 e. The molecule has 0 radical (unpaired) electrons. The second-order valence-electron chi connectivity index (χ2n) is 8.07. The third kappa shape index (κ3) is 3.99.